The molecule has 1 aromatic carbocycles. The highest BCUT2D eigenvalue weighted by atomic mass is 16.2. The summed E-state index contributed by atoms with van der Waals surface area (Å²) in [4.78, 5) is 14.0. The Labute approximate surface area is 120 Å². The molecule has 0 spiro atoms. The zero-order valence-corrected chi connectivity index (χ0v) is 12.1. The van der Waals surface area contributed by atoms with Crippen molar-refractivity contribution in [1.29, 1.82) is 5.26 Å². The normalized spacial score (nSPS) is 10.9. The van der Waals surface area contributed by atoms with E-state index in [2.05, 4.69) is 17.9 Å². The zero-order valence-electron chi connectivity index (χ0n) is 12.1. The highest BCUT2D eigenvalue weighted by Crippen LogP contribution is 2.15. The first-order valence-electron chi connectivity index (χ1n) is 6.44. The second-order valence-corrected chi connectivity index (χ2v) is 4.70. The van der Waals surface area contributed by atoms with Gasteiger partial charge in [0.2, 0.25) is 0 Å². The topological polar surface area (TPSA) is 70.1 Å². The van der Waals surface area contributed by atoms with E-state index in [1.54, 1.807) is 24.9 Å². The Balaban J connectivity index is 3.02. The molecule has 0 aliphatic heterocycles. The van der Waals surface area contributed by atoms with E-state index in [0.717, 1.165) is 11.1 Å². The molecule has 1 aromatic rings. The molecule has 4 nitrogen and oxygen atoms in total. The maximum absolute atomic E-state index is 12.4. The molecule has 0 heterocycles. The van der Waals surface area contributed by atoms with Gasteiger partial charge in [0.25, 0.3) is 5.91 Å². The lowest BCUT2D eigenvalue weighted by atomic mass is 10.0. The summed E-state index contributed by atoms with van der Waals surface area (Å²) in [5.41, 5.74) is 7.63. The van der Waals surface area contributed by atoms with E-state index in [1.807, 2.05) is 19.1 Å². The molecule has 0 fully saturated rings. The Hall–Kier alpha value is -2.30. The molecule has 1 unspecified atom stereocenters. The van der Waals surface area contributed by atoms with Crippen molar-refractivity contribution >= 4 is 5.91 Å². The van der Waals surface area contributed by atoms with Gasteiger partial charge in [-0.2, -0.15) is 5.26 Å². The maximum Gasteiger partial charge on any atom is 0.253 e. The summed E-state index contributed by atoms with van der Waals surface area (Å²) in [6.45, 7) is 4.36. The molecule has 0 aliphatic rings. The predicted molar refractivity (Wildman–Crippen MR) is 78.8 cm³/mol. The van der Waals surface area contributed by atoms with Crippen LogP contribution in [0.1, 0.15) is 28.4 Å². The van der Waals surface area contributed by atoms with Crippen LogP contribution in [0.25, 0.3) is 0 Å². The van der Waals surface area contributed by atoms with Gasteiger partial charge in [0.1, 0.15) is 0 Å². The van der Waals surface area contributed by atoms with E-state index >= 15 is 0 Å². The molecule has 0 aliphatic carbocycles. The van der Waals surface area contributed by atoms with Crippen LogP contribution in [0.4, 0.5) is 0 Å². The van der Waals surface area contributed by atoms with Crippen LogP contribution in [0, 0.1) is 36.0 Å². The molecule has 0 aromatic heterocycles. The number of nitriles is 1. The quantitative estimate of drug-likeness (QED) is 0.846. The fourth-order valence-electron chi connectivity index (χ4n) is 1.89. The fraction of sp³-hybridized carbons (Fsp3) is 0.375. The number of hydrogen-bond donors (Lipinski definition) is 1. The lowest BCUT2D eigenvalue weighted by Crippen LogP contribution is -2.31. The number of nitrogens with zero attached hydrogens (tertiary/aromatic N) is 2. The van der Waals surface area contributed by atoms with Gasteiger partial charge >= 0.3 is 0 Å². The van der Waals surface area contributed by atoms with E-state index in [-0.39, 0.29) is 18.4 Å². The number of nitrogens with two attached hydrogens (primary N) is 1. The maximum atomic E-state index is 12.4. The van der Waals surface area contributed by atoms with Crippen LogP contribution < -0.4 is 5.73 Å². The first kappa shape index (κ1) is 15.8. The molecule has 1 atom stereocenters. The summed E-state index contributed by atoms with van der Waals surface area (Å²) in [5.74, 6) is 5.47. The van der Waals surface area contributed by atoms with E-state index in [4.69, 9.17) is 11.0 Å². The van der Waals surface area contributed by atoms with Crippen molar-refractivity contribution in [2.75, 3.05) is 20.1 Å². The number of carbonyl (C=O) groups excluding carboxylic acids is 1. The van der Waals surface area contributed by atoms with Gasteiger partial charge in [0.15, 0.2) is 0 Å². The van der Waals surface area contributed by atoms with Gasteiger partial charge in [-0.15, -0.1) is 0 Å². The molecule has 0 radical (unpaired) electrons. The van der Waals surface area contributed by atoms with Gasteiger partial charge in [-0.25, -0.2) is 0 Å². The lowest BCUT2D eigenvalue weighted by molar-refractivity contribution is 0.0784. The summed E-state index contributed by atoms with van der Waals surface area (Å²) in [7, 11) is 1.70. The Kier molecular flexibility index (Phi) is 5.77. The average molecular weight is 269 g/mol. The average Bonchev–Trinajstić information content (AvgIpc) is 2.45. The lowest BCUT2D eigenvalue weighted by Gasteiger charge is -2.19. The van der Waals surface area contributed by atoms with E-state index in [1.165, 1.54) is 0 Å². The molecule has 2 N–H and O–H groups in total. The van der Waals surface area contributed by atoms with Gasteiger partial charge in [-0.1, -0.05) is 17.9 Å². The van der Waals surface area contributed by atoms with Gasteiger partial charge in [-0.3, -0.25) is 4.79 Å². The van der Waals surface area contributed by atoms with Gasteiger partial charge < -0.3 is 10.6 Å². The Morgan fingerprint density at radius 1 is 1.50 bits per heavy atom. The molecule has 0 bridgehead atoms. The largest absolute Gasteiger partial charge is 0.340 e. The molecule has 104 valence electrons. The van der Waals surface area contributed by atoms with Crippen LogP contribution in [0.15, 0.2) is 18.2 Å². The minimum Gasteiger partial charge on any atom is -0.340 e. The van der Waals surface area contributed by atoms with E-state index < -0.39 is 0 Å². The van der Waals surface area contributed by atoms with Gasteiger partial charge in [0, 0.05) is 24.7 Å². The number of hydrogen-bond acceptors (Lipinski definition) is 3. The first-order valence-corrected chi connectivity index (χ1v) is 6.44. The van der Waals surface area contributed by atoms with Crippen molar-refractivity contribution in [3.8, 4) is 17.9 Å². The molecule has 1 amide bonds. The van der Waals surface area contributed by atoms with Crippen molar-refractivity contribution in [1.82, 2.24) is 4.90 Å². The highest BCUT2D eigenvalue weighted by Gasteiger charge is 2.17. The third-order valence-corrected chi connectivity index (χ3v) is 3.00. The van der Waals surface area contributed by atoms with E-state index in [9.17, 15) is 4.79 Å². The fourth-order valence-corrected chi connectivity index (χ4v) is 1.89. The Morgan fingerprint density at radius 3 is 2.80 bits per heavy atom. The van der Waals surface area contributed by atoms with Gasteiger partial charge in [-0.05, 0) is 31.5 Å². The monoisotopic (exact) mass is 269 g/mol. The van der Waals surface area contributed by atoms with E-state index in [0.29, 0.717) is 12.1 Å². The summed E-state index contributed by atoms with van der Waals surface area (Å²) in [6, 6.07) is 7.58. The summed E-state index contributed by atoms with van der Waals surface area (Å²) >= 11 is 0. The minimum absolute atomic E-state index is 0.0963. The van der Waals surface area contributed by atoms with Crippen LogP contribution in [-0.4, -0.2) is 30.9 Å². The van der Waals surface area contributed by atoms with Crippen LogP contribution >= 0.6 is 0 Å². The van der Waals surface area contributed by atoms with Crippen molar-refractivity contribution in [2.45, 2.75) is 13.8 Å². The molecular weight excluding hydrogens is 250 g/mol. The van der Waals surface area contributed by atoms with Crippen molar-refractivity contribution < 1.29 is 4.79 Å². The van der Waals surface area contributed by atoms with Gasteiger partial charge in [0.05, 0.1) is 18.5 Å². The van der Waals surface area contributed by atoms with Crippen LogP contribution in [-0.2, 0) is 0 Å². The van der Waals surface area contributed by atoms with Crippen molar-refractivity contribution in [2.24, 2.45) is 11.7 Å². The number of carbonyl (C=O) groups is 1. The van der Waals surface area contributed by atoms with Crippen molar-refractivity contribution in [3.63, 3.8) is 0 Å². The summed E-state index contributed by atoms with van der Waals surface area (Å²) in [6.07, 6.45) is 0. The number of rotatable bonds is 3. The molecule has 0 saturated carbocycles. The zero-order chi connectivity index (χ0) is 15.1. The SMILES string of the molecule is Cc1c(C#CCN)cccc1C(=O)N(C)CC(C)C#N. The number of amides is 1. The minimum atomic E-state index is -0.190. The molecule has 0 saturated heterocycles. The Bertz CT molecular complexity index is 590. The molecule has 20 heavy (non-hydrogen) atoms. The second kappa shape index (κ2) is 7.33. The van der Waals surface area contributed by atoms with Crippen LogP contribution in [0.5, 0.6) is 0 Å². The Morgan fingerprint density at radius 2 is 2.20 bits per heavy atom. The van der Waals surface area contributed by atoms with Crippen LogP contribution in [0.3, 0.4) is 0 Å². The predicted octanol–water partition coefficient (Wildman–Crippen LogP) is 1.54. The van der Waals surface area contributed by atoms with Crippen molar-refractivity contribution in [3.05, 3.63) is 34.9 Å². The molecule has 1 rings (SSSR count). The second-order valence-electron chi connectivity index (χ2n) is 4.70. The summed E-state index contributed by atoms with van der Waals surface area (Å²) < 4.78 is 0. The summed E-state index contributed by atoms with van der Waals surface area (Å²) in [5, 5.41) is 8.81. The smallest absolute Gasteiger partial charge is 0.253 e. The standard InChI is InChI=1S/C16H19N3O/c1-12(10-18)11-19(3)16(20)15-8-4-6-14(13(15)2)7-5-9-17/h4,6,8,12H,9,11,17H2,1-3H3. The molecule has 4 heteroatoms. The third kappa shape index (κ3) is 3.85. The highest BCUT2D eigenvalue weighted by molar-refractivity contribution is 5.96. The van der Waals surface area contributed by atoms with Crippen LogP contribution in [0.2, 0.25) is 0 Å². The third-order valence-electron chi connectivity index (χ3n) is 3.00. The first-order chi connectivity index (χ1) is 9.51. The molecular formula is C16H19N3O. The number of benzene rings is 1.